The minimum atomic E-state index is -0.987. The van der Waals surface area contributed by atoms with Crippen LogP contribution in [0.1, 0.15) is 243 Å². The second-order valence-corrected chi connectivity index (χ2v) is 36.6. The molecule has 6 amide bonds. The summed E-state index contributed by atoms with van der Waals surface area (Å²) in [5.41, 5.74) is 19.1. The first-order valence-electron chi connectivity index (χ1n) is 47.7. The summed E-state index contributed by atoms with van der Waals surface area (Å²) in [6.07, 6.45) is 13.1. The van der Waals surface area contributed by atoms with Gasteiger partial charge in [-0.15, -0.1) is 0 Å². The van der Waals surface area contributed by atoms with Crippen LogP contribution in [0.25, 0.3) is 50.4 Å². The number of aryl methyl sites for hydroxylation is 5. The number of carbonyl (C=O) groups is 6. The van der Waals surface area contributed by atoms with Crippen molar-refractivity contribution in [2.75, 3.05) is 59.1 Å². The molecule has 0 radical (unpaired) electrons. The van der Waals surface area contributed by atoms with Crippen molar-refractivity contribution >= 4 is 58.6 Å². The number of fused-ring (bicyclic) bond motifs is 3. The summed E-state index contributed by atoms with van der Waals surface area (Å²) >= 11 is 13.0. The van der Waals surface area contributed by atoms with Crippen LogP contribution < -0.4 is 0 Å². The van der Waals surface area contributed by atoms with Gasteiger partial charge in [0.05, 0.1) is 81.7 Å². The van der Waals surface area contributed by atoms with Gasteiger partial charge in [0, 0.05) is 81.5 Å². The summed E-state index contributed by atoms with van der Waals surface area (Å²) in [5.74, 6) is -3.03. The maximum absolute atomic E-state index is 14.6. The molecule has 25 heteroatoms. The van der Waals surface area contributed by atoms with Crippen LogP contribution in [0.3, 0.4) is 0 Å². The van der Waals surface area contributed by atoms with Crippen LogP contribution in [0.4, 0.5) is 8.78 Å². The van der Waals surface area contributed by atoms with Crippen molar-refractivity contribution in [1.82, 2.24) is 58.7 Å². The largest absolute Gasteiger partial charge is 0.394 e. The number of aromatic nitrogens is 6. The van der Waals surface area contributed by atoms with Crippen LogP contribution >= 0.6 is 23.2 Å². The summed E-state index contributed by atoms with van der Waals surface area (Å²) in [7, 11) is 0. The first-order chi connectivity index (χ1) is 65.2. The normalized spacial score (nSPS) is 14.4. The quantitative estimate of drug-likeness (QED) is 0.0348. The van der Waals surface area contributed by atoms with E-state index < -0.39 is 17.7 Å². The number of halogens is 4. The molecule has 3 N–H and O–H groups in total. The Bertz CT molecular complexity index is 6180. The summed E-state index contributed by atoms with van der Waals surface area (Å²) < 4.78 is 33.0. The molecule has 0 bridgehead atoms. The number of rotatable bonds is 33. The number of aliphatic hydroxyl groups excluding tert-OH is 3. The fourth-order valence-corrected chi connectivity index (χ4v) is 18.6. The van der Waals surface area contributed by atoms with Gasteiger partial charge in [-0.3, -0.25) is 28.8 Å². The summed E-state index contributed by atoms with van der Waals surface area (Å²) in [6, 6.07) is 60.1. The number of unbranched alkanes of at least 4 members (excludes halogenated alkanes) is 6. The van der Waals surface area contributed by atoms with E-state index in [1.165, 1.54) is 6.07 Å². The molecular weight excluding hydrogens is 1740 g/mol. The van der Waals surface area contributed by atoms with Crippen molar-refractivity contribution in [3.8, 4) is 50.4 Å². The van der Waals surface area contributed by atoms with Gasteiger partial charge >= 0.3 is 0 Å². The average Bonchev–Trinajstić information content (AvgIpc) is 1.75. The SMILES string of the molecule is CCCCN(CCCC)C(=O)c1cc(C)n(-c2ccc(-c3cc(C)cc(C)c3)cc2C(=O)N2Cc3ccccc3C[C@H]2CO)n1.CCCCN(CCCC)C(=O)c1cc(C)n(-c2ccc(-c3ccc(F)c(F)c3)cc2C(=O)N2Cc3ccccc3C[C@H]2CO)n1.CCCCN(CCCC)C(=O)c1cc(C)n(-c2ccc(-c3cccc(Cl)c3Cl)cc2C(=O)N2Cc3ccccc3C[C@H]2CO)n1. The Hall–Kier alpha value is -12.3. The highest BCUT2D eigenvalue weighted by molar-refractivity contribution is 6.43. The third kappa shape index (κ3) is 23.5. The molecule has 12 aromatic rings. The standard InChI is InChI=1S/C38H46N4O3.C36H40Cl2N4O3.C36H40F2N4O3/c1-6-8-16-40(17-9-7-2)38(45)35-21-28(5)42(39-35)36-15-14-30(32-19-26(3)18-27(4)20-32)23-34(36)37(44)41-24-31-13-11-10-12-29(31)22-33(41)25-43;1-4-6-17-40(18-7-5-2)36(45)32-19-24(3)42(39-32)33-16-15-26(29-13-10-14-31(37)34(29)38)21-30(33)35(44)41-22-27-12-9-8-11-25(27)20-28(41)23-43;1-4-6-16-40(17-7-5-2)36(45)33-18-24(3)42(39-33)34-15-13-26(27-12-14-31(37)32(38)21-27)20-30(34)35(44)41-22-28-11-9-8-10-25(28)19-29(41)23-43/h10-15,18-21,23,33,43H,6-9,16-17,22,24-25H2,1-5H3;8-16,19,21,28,43H,4-7,17-18,20,22-23H2,1-3H3;8-15,18,20-21,29,43H,4-7,16-17,19,22-23H2,1-3H3/t33-;28-;29-/m000/s1. The zero-order valence-electron chi connectivity index (χ0n) is 79.5. The second kappa shape index (κ2) is 46.8. The highest BCUT2D eigenvalue weighted by Gasteiger charge is 2.37. The van der Waals surface area contributed by atoms with Gasteiger partial charge in [-0.25, -0.2) is 22.8 Å². The Labute approximate surface area is 802 Å². The van der Waals surface area contributed by atoms with Crippen LogP contribution in [0, 0.1) is 46.3 Å². The van der Waals surface area contributed by atoms with E-state index in [9.17, 15) is 52.9 Å². The van der Waals surface area contributed by atoms with Gasteiger partial charge in [-0.1, -0.05) is 242 Å². The maximum atomic E-state index is 14.6. The number of hydrogen-bond acceptors (Lipinski definition) is 12. The van der Waals surface area contributed by atoms with Crippen LogP contribution in [-0.2, 0) is 38.9 Å². The number of hydrogen-bond donors (Lipinski definition) is 3. The Morgan fingerprint density at radius 2 is 0.652 bits per heavy atom. The summed E-state index contributed by atoms with van der Waals surface area (Å²) in [5, 5.41) is 46.2. The molecule has 135 heavy (non-hydrogen) atoms. The van der Waals surface area contributed by atoms with Gasteiger partial charge in [0.15, 0.2) is 28.7 Å². The van der Waals surface area contributed by atoms with Gasteiger partial charge in [0.25, 0.3) is 35.4 Å². The topological polar surface area (TPSA) is 236 Å². The first kappa shape index (κ1) is 100. The molecule has 0 spiro atoms. The molecule has 15 rings (SSSR count). The van der Waals surface area contributed by atoms with E-state index in [0.29, 0.717) is 156 Å². The first-order valence-corrected chi connectivity index (χ1v) is 48.5. The maximum Gasteiger partial charge on any atom is 0.274 e. The van der Waals surface area contributed by atoms with Crippen LogP contribution in [0.2, 0.25) is 10.0 Å². The lowest BCUT2D eigenvalue weighted by molar-refractivity contribution is 0.0539. The minimum absolute atomic E-state index is 0.0773. The Balaban J connectivity index is 0.000000171. The Kier molecular flexibility index (Phi) is 34.7. The number of aliphatic hydroxyl groups is 3. The molecule has 3 aliphatic heterocycles. The molecule has 0 aliphatic carbocycles. The van der Waals surface area contributed by atoms with Gasteiger partial charge in [-0.2, -0.15) is 15.3 Å². The smallest absolute Gasteiger partial charge is 0.274 e. The lowest BCUT2D eigenvalue weighted by Gasteiger charge is -2.36. The van der Waals surface area contributed by atoms with E-state index in [1.54, 1.807) is 65.1 Å². The van der Waals surface area contributed by atoms with E-state index in [1.807, 2.05) is 151 Å². The predicted octanol–water partition coefficient (Wildman–Crippen LogP) is 21.6. The molecular formula is C110H126Cl2F2N12O9. The van der Waals surface area contributed by atoms with Crippen molar-refractivity contribution in [3.05, 3.63) is 317 Å². The Morgan fingerprint density at radius 3 is 0.978 bits per heavy atom. The highest BCUT2D eigenvalue weighted by Crippen LogP contribution is 2.39. The van der Waals surface area contributed by atoms with Crippen LogP contribution in [0.15, 0.2) is 200 Å². The van der Waals surface area contributed by atoms with E-state index in [0.717, 1.165) is 162 Å². The molecule has 3 aromatic heterocycles. The molecule has 3 atom stereocenters. The average molecular weight is 1870 g/mol. The van der Waals surface area contributed by atoms with E-state index in [4.69, 9.17) is 38.5 Å². The molecule has 6 heterocycles. The third-order valence-electron chi connectivity index (χ3n) is 25.8. The minimum Gasteiger partial charge on any atom is -0.394 e. The highest BCUT2D eigenvalue weighted by atomic mass is 35.5. The van der Waals surface area contributed by atoms with Crippen molar-refractivity contribution < 1.29 is 52.9 Å². The third-order valence-corrected chi connectivity index (χ3v) is 26.6. The number of nitrogens with zero attached hydrogens (tertiary/aromatic N) is 12. The molecule has 0 fully saturated rings. The molecule has 0 unspecified atom stereocenters. The summed E-state index contributed by atoms with van der Waals surface area (Å²) in [6.45, 7) is 27.1. The number of carbonyl (C=O) groups excluding carboxylic acids is 6. The van der Waals surface area contributed by atoms with Crippen LogP contribution in [0.5, 0.6) is 0 Å². The number of amides is 6. The van der Waals surface area contributed by atoms with Gasteiger partial charge in [0.1, 0.15) is 0 Å². The van der Waals surface area contributed by atoms with Gasteiger partial charge in [0.2, 0.25) is 0 Å². The lowest BCUT2D eigenvalue weighted by atomic mass is 9.92. The monoisotopic (exact) mass is 1870 g/mol. The van der Waals surface area contributed by atoms with Crippen LogP contribution in [-0.4, -0.2) is 187 Å². The van der Waals surface area contributed by atoms with E-state index in [-0.39, 0.29) is 72.9 Å². The van der Waals surface area contributed by atoms with Gasteiger partial charge < -0.3 is 44.7 Å². The number of benzene rings is 9. The fraction of sp³-hybridized carbons (Fsp3) is 0.373. The van der Waals surface area contributed by atoms with Crippen molar-refractivity contribution in [2.24, 2.45) is 0 Å². The second-order valence-electron chi connectivity index (χ2n) is 35.8. The van der Waals surface area contributed by atoms with E-state index in [2.05, 4.69) is 85.7 Å². The predicted molar refractivity (Wildman–Crippen MR) is 530 cm³/mol. The molecule has 21 nitrogen and oxygen atoms in total. The van der Waals surface area contributed by atoms with Crippen molar-refractivity contribution in [3.63, 3.8) is 0 Å². The van der Waals surface area contributed by atoms with Crippen molar-refractivity contribution in [1.29, 1.82) is 0 Å². The Morgan fingerprint density at radius 1 is 0.348 bits per heavy atom. The zero-order chi connectivity index (χ0) is 96.3. The molecule has 708 valence electrons. The molecule has 0 saturated carbocycles. The molecule has 9 aromatic carbocycles. The lowest BCUT2D eigenvalue weighted by Crippen LogP contribution is -2.46. The molecule has 0 saturated heterocycles. The molecule has 3 aliphatic rings. The summed E-state index contributed by atoms with van der Waals surface area (Å²) in [4.78, 5) is 95.3. The van der Waals surface area contributed by atoms with Crippen molar-refractivity contribution in [2.45, 2.75) is 210 Å². The zero-order valence-corrected chi connectivity index (χ0v) is 81.1. The fourth-order valence-electron chi connectivity index (χ4n) is 18.2. The van der Waals surface area contributed by atoms with E-state index >= 15 is 0 Å². The van der Waals surface area contributed by atoms with Gasteiger partial charge in [-0.05, 0) is 226 Å².